The molecular weight excluding hydrogens is 216 g/mol. The minimum Gasteiger partial charge on any atom is -0.380 e. The molecule has 1 aromatic carbocycles. The van der Waals surface area contributed by atoms with E-state index in [4.69, 9.17) is 14.2 Å². The molecule has 0 aliphatic carbocycles. The van der Waals surface area contributed by atoms with Gasteiger partial charge in [-0.1, -0.05) is 37.3 Å². The first kappa shape index (κ1) is 12.6. The van der Waals surface area contributed by atoms with Crippen LogP contribution in [0.2, 0.25) is 0 Å². The van der Waals surface area contributed by atoms with Crippen molar-refractivity contribution in [3.63, 3.8) is 0 Å². The molecule has 0 unspecified atom stereocenters. The van der Waals surface area contributed by atoms with Crippen LogP contribution in [0.5, 0.6) is 0 Å². The molecule has 1 saturated heterocycles. The molecule has 0 N–H and O–H groups in total. The Hall–Kier alpha value is -0.900. The summed E-state index contributed by atoms with van der Waals surface area (Å²) in [6, 6.07) is 10.1. The first-order chi connectivity index (χ1) is 8.35. The quantitative estimate of drug-likeness (QED) is 0.538. The fraction of sp³-hybridized carbons (Fsp3) is 0.571. The van der Waals surface area contributed by atoms with Crippen molar-refractivity contribution in [3.05, 3.63) is 35.9 Å². The van der Waals surface area contributed by atoms with E-state index in [-0.39, 0.29) is 5.41 Å². The molecule has 0 amide bonds. The number of hydrogen-bond acceptors (Lipinski definition) is 3. The summed E-state index contributed by atoms with van der Waals surface area (Å²) in [6.45, 7) is 5.52. The highest BCUT2D eigenvalue weighted by molar-refractivity contribution is 5.13. The van der Waals surface area contributed by atoms with E-state index in [2.05, 4.69) is 6.92 Å². The minimum atomic E-state index is 0.246. The molecule has 0 bridgehead atoms. The third kappa shape index (κ3) is 3.53. The predicted octanol–water partition coefficient (Wildman–Crippen LogP) is 2.60. The zero-order valence-electron chi connectivity index (χ0n) is 10.4. The van der Waals surface area contributed by atoms with Crippen molar-refractivity contribution in [1.29, 1.82) is 0 Å². The fourth-order valence-electron chi connectivity index (χ4n) is 1.83. The van der Waals surface area contributed by atoms with Crippen molar-refractivity contribution in [1.82, 2.24) is 0 Å². The van der Waals surface area contributed by atoms with Crippen molar-refractivity contribution in [2.75, 3.05) is 26.6 Å². The predicted molar refractivity (Wildman–Crippen MR) is 65.6 cm³/mol. The topological polar surface area (TPSA) is 27.7 Å². The molecule has 17 heavy (non-hydrogen) atoms. The van der Waals surface area contributed by atoms with Crippen LogP contribution in [0.3, 0.4) is 0 Å². The lowest BCUT2D eigenvalue weighted by atomic mass is 9.84. The minimum absolute atomic E-state index is 0.246. The molecular formula is C14H20O3. The van der Waals surface area contributed by atoms with Crippen LogP contribution in [-0.4, -0.2) is 26.6 Å². The summed E-state index contributed by atoms with van der Waals surface area (Å²) < 4.78 is 16.3. The van der Waals surface area contributed by atoms with Gasteiger partial charge in [-0.3, -0.25) is 0 Å². The molecule has 1 heterocycles. The van der Waals surface area contributed by atoms with Gasteiger partial charge < -0.3 is 14.2 Å². The van der Waals surface area contributed by atoms with Crippen LogP contribution in [0.15, 0.2) is 30.3 Å². The molecule has 0 atom stereocenters. The maximum absolute atomic E-state index is 5.55. The molecule has 94 valence electrons. The normalized spacial score (nSPS) is 17.7. The SMILES string of the molecule is CCC1(COCOCc2ccccc2)COC1. The van der Waals surface area contributed by atoms with Gasteiger partial charge in [0.05, 0.1) is 26.4 Å². The van der Waals surface area contributed by atoms with Gasteiger partial charge in [-0.25, -0.2) is 0 Å². The van der Waals surface area contributed by atoms with Gasteiger partial charge in [-0.05, 0) is 12.0 Å². The van der Waals surface area contributed by atoms with Gasteiger partial charge in [0.25, 0.3) is 0 Å². The van der Waals surface area contributed by atoms with Crippen molar-refractivity contribution in [2.45, 2.75) is 20.0 Å². The van der Waals surface area contributed by atoms with Crippen LogP contribution in [0.25, 0.3) is 0 Å². The maximum atomic E-state index is 5.55. The monoisotopic (exact) mass is 236 g/mol. The van der Waals surface area contributed by atoms with Crippen LogP contribution in [0.1, 0.15) is 18.9 Å². The molecule has 0 aromatic heterocycles. The van der Waals surface area contributed by atoms with Crippen molar-refractivity contribution >= 4 is 0 Å². The lowest BCUT2D eigenvalue weighted by molar-refractivity contribution is -0.174. The molecule has 3 nitrogen and oxygen atoms in total. The Bertz CT molecular complexity index is 314. The third-order valence-electron chi connectivity index (χ3n) is 3.25. The molecule has 0 saturated carbocycles. The van der Waals surface area contributed by atoms with Crippen molar-refractivity contribution < 1.29 is 14.2 Å². The van der Waals surface area contributed by atoms with E-state index in [0.29, 0.717) is 13.4 Å². The van der Waals surface area contributed by atoms with E-state index in [0.717, 1.165) is 26.2 Å². The Morgan fingerprint density at radius 3 is 2.53 bits per heavy atom. The van der Waals surface area contributed by atoms with Crippen LogP contribution < -0.4 is 0 Å². The van der Waals surface area contributed by atoms with E-state index in [1.165, 1.54) is 5.56 Å². The lowest BCUT2D eigenvalue weighted by Crippen LogP contribution is -2.45. The van der Waals surface area contributed by atoms with Gasteiger partial charge in [0.15, 0.2) is 0 Å². The average molecular weight is 236 g/mol. The van der Waals surface area contributed by atoms with E-state index < -0.39 is 0 Å². The number of rotatable bonds is 7. The van der Waals surface area contributed by atoms with Crippen LogP contribution in [0, 0.1) is 5.41 Å². The first-order valence-electron chi connectivity index (χ1n) is 6.12. The van der Waals surface area contributed by atoms with Crippen molar-refractivity contribution in [2.24, 2.45) is 5.41 Å². The number of ether oxygens (including phenoxy) is 3. The first-order valence-corrected chi connectivity index (χ1v) is 6.12. The Morgan fingerprint density at radius 1 is 1.18 bits per heavy atom. The zero-order valence-corrected chi connectivity index (χ0v) is 10.4. The van der Waals surface area contributed by atoms with Crippen molar-refractivity contribution in [3.8, 4) is 0 Å². The van der Waals surface area contributed by atoms with Gasteiger partial charge in [-0.2, -0.15) is 0 Å². The summed E-state index contributed by atoms with van der Waals surface area (Å²) in [4.78, 5) is 0. The molecule has 3 heteroatoms. The van der Waals surface area contributed by atoms with Gasteiger partial charge in [0.1, 0.15) is 6.79 Å². The number of benzene rings is 1. The lowest BCUT2D eigenvalue weighted by Gasteiger charge is -2.40. The zero-order chi connectivity index (χ0) is 12.0. The maximum Gasteiger partial charge on any atom is 0.147 e. The van der Waals surface area contributed by atoms with Crippen LogP contribution in [-0.2, 0) is 20.8 Å². The summed E-state index contributed by atoms with van der Waals surface area (Å²) in [6.07, 6.45) is 1.10. The van der Waals surface area contributed by atoms with Crippen LogP contribution in [0.4, 0.5) is 0 Å². The van der Waals surface area contributed by atoms with Gasteiger partial charge in [0.2, 0.25) is 0 Å². The molecule has 1 aliphatic rings. The van der Waals surface area contributed by atoms with E-state index in [1.54, 1.807) is 0 Å². The summed E-state index contributed by atoms with van der Waals surface area (Å²) in [7, 11) is 0. The van der Waals surface area contributed by atoms with E-state index >= 15 is 0 Å². The second-order valence-corrected chi connectivity index (χ2v) is 4.65. The largest absolute Gasteiger partial charge is 0.380 e. The summed E-state index contributed by atoms with van der Waals surface area (Å²) in [5, 5.41) is 0. The highest BCUT2D eigenvalue weighted by atomic mass is 16.7. The molecule has 1 fully saturated rings. The Kier molecular flexibility index (Phi) is 4.54. The Morgan fingerprint density at radius 2 is 1.94 bits per heavy atom. The Labute approximate surface area is 103 Å². The summed E-state index contributed by atoms with van der Waals surface area (Å²) in [5.41, 5.74) is 1.42. The third-order valence-corrected chi connectivity index (χ3v) is 3.25. The summed E-state index contributed by atoms with van der Waals surface area (Å²) >= 11 is 0. The second kappa shape index (κ2) is 6.15. The number of hydrogen-bond donors (Lipinski definition) is 0. The second-order valence-electron chi connectivity index (χ2n) is 4.65. The molecule has 2 rings (SSSR count). The highest BCUT2D eigenvalue weighted by Gasteiger charge is 2.36. The van der Waals surface area contributed by atoms with Gasteiger partial charge >= 0.3 is 0 Å². The highest BCUT2D eigenvalue weighted by Crippen LogP contribution is 2.31. The standard InChI is InChI=1S/C14H20O3/c1-2-14(9-16-10-14)11-17-12-15-8-13-6-4-3-5-7-13/h3-7H,2,8-12H2,1H3. The molecule has 0 spiro atoms. The van der Waals surface area contributed by atoms with Crippen LogP contribution >= 0.6 is 0 Å². The smallest absolute Gasteiger partial charge is 0.147 e. The molecule has 0 radical (unpaired) electrons. The molecule has 1 aliphatic heterocycles. The molecule has 1 aromatic rings. The van der Waals surface area contributed by atoms with Gasteiger partial charge in [-0.15, -0.1) is 0 Å². The van der Waals surface area contributed by atoms with E-state index in [9.17, 15) is 0 Å². The van der Waals surface area contributed by atoms with Gasteiger partial charge in [0, 0.05) is 5.41 Å². The Balaban J connectivity index is 1.58. The average Bonchev–Trinajstić information content (AvgIpc) is 2.33. The van der Waals surface area contributed by atoms with E-state index in [1.807, 2.05) is 30.3 Å². The summed E-state index contributed by atoms with van der Waals surface area (Å²) in [5.74, 6) is 0. The fourth-order valence-corrected chi connectivity index (χ4v) is 1.83.